The minimum absolute atomic E-state index is 0.0118. The lowest BCUT2D eigenvalue weighted by atomic mass is 9.85. The van der Waals surface area contributed by atoms with Crippen molar-refractivity contribution in [3.63, 3.8) is 0 Å². The maximum Gasteiger partial charge on any atom is 0.307 e. The third-order valence-corrected chi connectivity index (χ3v) is 6.81. The number of ether oxygens (including phenoxy) is 2. The molecule has 1 aromatic rings. The second-order valence-corrected chi connectivity index (χ2v) is 10.7. The Labute approximate surface area is 219 Å². The number of carbonyl (C=O) groups is 3. The Balaban J connectivity index is 0.000000319. The first kappa shape index (κ1) is 29.9. The molecule has 2 aliphatic rings. The summed E-state index contributed by atoms with van der Waals surface area (Å²) in [5.41, 5.74) is 6.10. The summed E-state index contributed by atoms with van der Waals surface area (Å²) < 4.78 is 10.3. The highest BCUT2D eigenvalue weighted by Gasteiger charge is 2.38. The Morgan fingerprint density at radius 2 is 2.03 bits per heavy atom. The van der Waals surface area contributed by atoms with Gasteiger partial charge in [-0.3, -0.25) is 14.4 Å². The van der Waals surface area contributed by atoms with Gasteiger partial charge in [-0.2, -0.15) is 0 Å². The number of amides is 2. The lowest BCUT2D eigenvalue weighted by molar-refractivity contribution is -0.157. The maximum atomic E-state index is 13.0. The molecule has 1 aromatic carbocycles. The SMILES string of the molecule is CC1CCCN1C(=O)C(NC(=O)c1ccc(N)c(Cl)c1)C(C)(C)C.CCOC1COC(=O)CC1NC. The van der Waals surface area contributed by atoms with Crippen LogP contribution in [0.15, 0.2) is 18.2 Å². The summed E-state index contributed by atoms with van der Waals surface area (Å²) >= 11 is 5.99. The van der Waals surface area contributed by atoms with Crippen LogP contribution in [0.1, 0.15) is 64.2 Å². The fourth-order valence-electron chi connectivity index (χ4n) is 4.29. The van der Waals surface area contributed by atoms with Gasteiger partial charge in [-0.1, -0.05) is 32.4 Å². The number of hydrogen-bond donors (Lipinski definition) is 3. The first-order valence-electron chi connectivity index (χ1n) is 12.5. The molecule has 2 fully saturated rings. The lowest BCUT2D eigenvalue weighted by Crippen LogP contribution is -2.55. The Bertz CT molecular complexity index is 920. The van der Waals surface area contributed by atoms with E-state index >= 15 is 0 Å². The van der Waals surface area contributed by atoms with E-state index in [4.69, 9.17) is 26.8 Å². The highest BCUT2D eigenvalue weighted by molar-refractivity contribution is 6.33. The van der Waals surface area contributed by atoms with Crippen molar-refractivity contribution in [2.75, 3.05) is 32.5 Å². The fraction of sp³-hybridized carbons (Fsp3) is 0.654. The predicted molar refractivity (Wildman–Crippen MR) is 141 cm³/mol. The standard InChI is InChI=1S/C18H26ClN3O2.C8H15NO3/c1-11-6-5-9-22(11)17(24)15(18(2,3)4)21-16(23)12-7-8-14(20)13(19)10-12;1-3-11-7-5-12-8(10)4-6(7)9-2/h7-8,10-11,15H,5-6,9,20H2,1-4H3,(H,21,23);6-7,9H,3-5H2,1-2H3. The second-order valence-electron chi connectivity index (χ2n) is 10.3. The molecule has 4 N–H and O–H groups in total. The number of halogens is 1. The van der Waals surface area contributed by atoms with Crippen LogP contribution >= 0.6 is 11.6 Å². The molecule has 0 saturated carbocycles. The minimum Gasteiger partial charge on any atom is -0.463 e. The number of carbonyl (C=O) groups excluding carboxylic acids is 3. The van der Waals surface area contributed by atoms with E-state index in [0.29, 0.717) is 35.9 Å². The van der Waals surface area contributed by atoms with E-state index in [9.17, 15) is 14.4 Å². The number of rotatable bonds is 6. The molecule has 2 saturated heterocycles. The third-order valence-electron chi connectivity index (χ3n) is 6.48. The Kier molecular flexibility index (Phi) is 11.0. The molecule has 202 valence electrons. The van der Waals surface area contributed by atoms with Crippen molar-refractivity contribution in [3.05, 3.63) is 28.8 Å². The van der Waals surface area contributed by atoms with Gasteiger partial charge >= 0.3 is 5.97 Å². The Hall–Kier alpha value is -2.36. The molecule has 0 radical (unpaired) electrons. The molecule has 4 unspecified atom stereocenters. The van der Waals surface area contributed by atoms with Crippen LogP contribution in [-0.4, -0.2) is 73.7 Å². The van der Waals surface area contributed by atoms with E-state index in [-0.39, 0.29) is 36.0 Å². The first-order chi connectivity index (χ1) is 16.9. The van der Waals surface area contributed by atoms with Gasteiger partial charge < -0.3 is 30.7 Å². The van der Waals surface area contributed by atoms with Crippen LogP contribution in [0.2, 0.25) is 5.02 Å². The van der Waals surface area contributed by atoms with E-state index in [0.717, 1.165) is 19.4 Å². The van der Waals surface area contributed by atoms with Crippen molar-refractivity contribution in [2.24, 2.45) is 5.41 Å². The molecule has 2 amide bonds. The molecule has 2 aliphatic heterocycles. The van der Waals surface area contributed by atoms with E-state index in [1.165, 1.54) is 6.07 Å². The number of cyclic esters (lactones) is 1. The van der Waals surface area contributed by atoms with Crippen molar-refractivity contribution in [2.45, 2.75) is 78.1 Å². The largest absolute Gasteiger partial charge is 0.463 e. The maximum absolute atomic E-state index is 13.0. The number of likely N-dealkylation sites (N-methyl/N-ethyl adjacent to an activating group) is 1. The van der Waals surface area contributed by atoms with Gasteiger partial charge in [-0.15, -0.1) is 0 Å². The van der Waals surface area contributed by atoms with Crippen molar-refractivity contribution in [1.82, 2.24) is 15.5 Å². The van der Waals surface area contributed by atoms with Crippen molar-refractivity contribution in [3.8, 4) is 0 Å². The average molecular weight is 525 g/mol. The van der Waals surface area contributed by atoms with Crippen molar-refractivity contribution < 1.29 is 23.9 Å². The van der Waals surface area contributed by atoms with Gasteiger partial charge in [0.2, 0.25) is 5.91 Å². The molecule has 9 nitrogen and oxygen atoms in total. The highest BCUT2D eigenvalue weighted by atomic mass is 35.5. The van der Waals surface area contributed by atoms with Crippen LogP contribution in [0.3, 0.4) is 0 Å². The number of hydrogen-bond acceptors (Lipinski definition) is 7. The normalized spacial score (nSPS) is 22.8. The number of anilines is 1. The van der Waals surface area contributed by atoms with Crippen LogP contribution in [0.25, 0.3) is 0 Å². The van der Waals surface area contributed by atoms with Crippen LogP contribution in [0.5, 0.6) is 0 Å². The molecule has 0 aliphatic carbocycles. The summed E-state index contributed by atoms with van der Waals surface area (Å²) in [6.45, 7) is 11.6. The number of esters is 1. The zero-order valence-electron chi connectivity index (χ0n) is 22.2. The third kappa shape index (κ3) is 8.08. The molecule has 2 heterocycles. The van der Waals surface area contributed by atoms with Gasteiger partial charge in [-0.25, -0.2) is 0 Å². The van der Waals surface area contributed by atoms with Crippen LogP contribution in [0.4, 0.5) is 5.69 Å². The highest BCUT2D eigenvalue weighted by Crippen LogP contribution is 2.26. The van der Waals surface area contributed by atoms with E-state index in [1.54, 1.807) is 12.1 Å². The van der Waals surface area contributed by atoms with E-state index in [2.05, 4.69) is 10.6 Å². The smallest absolute Gasteiger partial charge is 0.307 e. The molecule has 3 rings (SSSR count). The summed E-state index contributed by atoms with van der Waals surface area (Å²) in [5.74, 6) is -0.496. The number of nitrogen functional groups attached to an aromatic ring is 1. The lowest BCUT2D eigenvalue weighted by Gasteiger charge is -2.35. The van der Waals surface area contributed by atoms with Gasteiger partial charge in [0.15, 0.2) is 0 Å². The average Bonchev–Trinajstić information content (AvgIpc) is 3.25. The Morgan fingerprint density at radius 1 is 1.33 bits per heavy atom. The minimum atomic E-state index is -0.595. The van der Waals surface area contributed by atoms with Crippen LogP contribution in [0, 0.1) is 5.41 Å². The van der Waals surface area contributed by atoms with Crippen molar-refractivity contribution in [1.29, 1.82) is 0 Å². The number of likely N-dealkylation sites (tertiary alicyclic amines) is 1. The predicted octanol–water partition coefficient (Wildman–Crippen LogP) is 3.00. The second kappa shape index (κ2) is 13.3. The topological polar surface area (TPSA) is 123 Å². The van der Waals surface area contributed by atoms with E-state index in [1.807, 2.05) is 46.6 Å². The van der Waals surface area contributed by atoms with Gasteiger partial charge in [0.1, 0.15) is 18.8 Å². The van der Waals surface area contributed by atoms with Gasteiger partial charge in [0.05, 0.1) is 17.1 Å². The zero-order chi connectivity index (χ0) is 27.0. The number of nitrogens with two attached hydrogens (primary N) is 1. The molecule has 0 spiro atoms. The zero-order valence-corrected chi connectivity index (χ0v) is 23.0. The van der Waals surface area contributed by atoms with Gasteiger partial charge in [0.25, 0.3) is 5.91 Å². The number of benzene rings is 1. The van der Waals surface area contributed by atoms with E-state index < -0.39 is 11.5 Å². The summed E-state index contributed by atoms with van der Waals surface area (Å²) in [5, 5.41) is 6.26. The molecule has 10 heteroatoms. The van der Waals surface area contributed by atoms with Gasteiger partial charge in [-0.05, 0) is 57.4 Å². The molecule has 0 aromatic heterocycles. The number of nitrogens with one attached hydrogen (secondary N) is 2. The quantitative estimate of drug-likeness (QED) is 0.386. The monoisotopic (exact) mass is 524 g/mol. The van der Waals surface area contributed by atoms with Crippen molar-refractivity contribution >= 4 is 35.1 Å². The van der Waals surface area contributed by atoms with Crippen LogP contribution < -0.4 is 16.4 Å². The summed E-state index contributed by atoms with van der Waals surface area (Å²) in [6, 6.07) is 4.44. The summed E-state index contributed by atoms with van der Waals surface area (Å²) in [7, 11) is 1.83. The molecule has 36 heavy (non-hydrogen) atoms. The first-order valence-corrected chi connectivity index (χ1v) is 12.9. The van der Waals surface area contributed by atoms with Crippen LogP contribution in [-0.2, 0) is 19.1 Å². The summed E-state index contributed by atoms with van der Waals surface area (Å²) in [4.78, 5) is 38.3. The molecular formula is C26H41ClN4O5. The fourth-order valence-corrected chi connectivity index (χ4v) is 4.47. The Morgan fingerprint density at radius 3 is 2.56 bits per heavy atom. The molecule has 0 bridgehead atoms. The number of nitrogens with zero attached hydrogens (tertiary/aromatic N) is 1. The van der Waals surface area contributed by atoms with Gasteiger partial charge in [0, 0.05) is 30.8 Å². The molecule has 4 atom stereocenters. The summed E-state index contributed by atoms with van der Waals surface area (Å²) in [6.07, 6.45) is 2.43. The molecular weight excluding hydrogens is 484 g/mol.